The number of hydrogen-bond donors (Lipinski definition) is 0. The predicted octanol–water partition coefficient (Wildman–Crippen LogP) is 4.72. The minimum absolute atomic E-state index is 0.0306. The van der Waals surface area contributed by atoms with E-state index in [0.29, 0.717) is 36.8 Å². The van der Waals surface area contributed by atoms with Gasteiger partial charge in [0, 0.05) is 57.4 Å². The fraction of sp³-hybridized carbons (Fsp3) is 0.333. The van der Waals surface area contributed by atoms with E-state index >= 15 is 0 Å². The maximum Gasteiger partial charge on any atom is 0.257 e. The van der Waals surface area contributed by atoms with Gasteiger partial charge in [-0.2, -0.15) is 0 Å². The lowest BCUT2D eigenvalue weighted by Gasteiger charge is -2.34. The van der Waals surface area contributed by atoms with Crippen LogP contribution in [-0.4, -0.2) is 86.2 Å². The Hall–Kier alpha value is -4.14. The molecule has 1 aliphatic heterocycles. The molecule has 0 spiro atoms. The lowest BCUT2D eigenvalue weighted by atomic mass is 10.1. The number of aromatic nitrogens is 1. The number of carbonyl (C=O) groups excluding carboxylic acids is 1. The van der Waals surface area contributed by atoms with Crippen LogP contribution in [0.25, 0.3) is 10.9 Å². The molecule has 1 aliphatic rings. The molecule has 2 heterocycles. The van der Waals surface area contributed by atoms with Crippen molar-refractivity contribution in [2.75, 3.05) is 60.6 Å². The number of nitrogens with zero attached hydrogens (tertiary/aromatic N) is 4. The molecule has 0 unspecified atom stereocenters. The van der Waals surface area contributed by atoms with E-state index < -0.39 is 0 Å². The molecule has 0 radical (unpaired) electrons. The summed E-state index contributed by atoms with van der Waals surface area (Å²) in [4.78, 5) is 24.1. The largest absolute Gasteiger partial charge is 0.497 e. The van der Waals surface area contributed by atoms with Gasteiger partial charge in [-0.25, -0.2) is 0 Å². The third kappa shape index (κ3) is 7.34. The number of pyridine rings is 1. The molecule has 214 valence electrons. The van der Waals surface area contributed by atoms with Gasteiger partial charge in [-0.3, -0.25) is 19.6 Å². The Morgan fingerprint density at radius 2 is 1.59 bits per heavy atom. The Bertz CT molecular complexity index is 1450. The smallest absolute Gasteiger partial charge is 0.257 e. The zero-order valence-corrected chi connectivity index (χ0v) is 24.1. The van der Waals surface area contributed by atoms with Gasteiger partial charge < -0.3 is 19.1 Å². The quantitative estimate of drug-likeness (QED) is 0.266. The highest BCUT2D eigenvalue weighted by Crippen LogP contribution is 2.26. The summed E-state index contributed by atoms with van der Waals surface area (Å²) in [5.74, 6) is 2.05. The van der Waals surface area contributed by atoms with Crippen molar-refractivity contribution in [3.05, 3.63) is 95.7 Å². The van der Waals surface area contributed by atoms with Crippen LogP contribution in [0.4, 0.5) is 0 Å². The van der Waals surface area contributed by atoms with Crippen LogP contribution in [0.3, 0.4) is 0 Å². The van der Waals surface area contributed by atoms with Gasteiger partial charge in [-0.1, -0.05) is 24.3 Å². The maximum atomic E-state index is 13.1. The molecule has 0 bridgehead atoms. The number of carbonyl (C=O) groups is 1. The van der Waals surface area contributed by atoms with E-state index in [-0.39, 0.29) is 5.91 Å². The molecule has 5 rings (SSSR count). The summed E-state index contributed by atoms with van der Waals surface area (Å²) in [6.45, 7) is 6.09. The Morgan fingerprint density at radius 1 is 0.854 bits per heavy atom. The van der Waals surface area contributed by atoms with E-state index in [1.165, 1.54) is 16.5 Å². The van der Waals surface area contributed by atoms with Crippen LogP contribution in [-0.2, 0) is 13.1 Å². The standard InChI is InChI=1S/C33H38N4O4/c1-35(24-26-8-12-31-27(21-26)5-4-14-34-31)23-25-6-9-28(10-7-25)41-20-19-36-15-17-37(18-16-36)33(38)30-22-29(39-2)11-13-32(30)40-3/h4-14,21-22H,15-20,23-24H2,1-3H3. The van der Waals surface area contributed by atoms with Crippen LogP contribution in [0.15, 0.2) is 79.0 Å². The normalized spacial score (nSPS) is 13.9. The van der Waals surface area contributed by atoms with Gasteiger partial charge in [0.1, 0.15) is 23.9 Å². The molecule has 1 aromatic heterocycles. The molecule has 8 nitrogen and oxygen atoms in total. The summed E-state index contributed by atoms with van der Waals surface area (Å²) < 4.78 is 16.7. The van der Waals surface area contributed by atoms with Crippen LogP contribution < -0.4 is 14.2 Å². The molecule has 41 heavy (non-hydrogen) atoms. The molecule has 1 amide bonds. The van der Waals surface area contributed by atoms with E-state index in [1.54, 1.807) is 32.4 Å². The van der Waals surface area contributed by atoms with Crippen molar-refractivity contribution in [3.8, 4) is 17.2 Å². The number of benzene rings is 3. The molecular formula is C33H38N4O4. The van der Waals surface area contributed by atoms with E-state index in [0.717, 1.165) is 44.0 Å². The number of fused-ring (bicyclic) bond motifs is 1. The van der Waals surface area contributed by atoms with Crippen molar-refractivity contribution < 1.29 is 19.0 Å². The fourth-order valence-electron chi connectivity index (χ4n) is 5.21. The molecule has 1 fully saturated rings. The van der Waals surface area contributed by atoms with Gasteiger partial charge in [-0.05, 0) is 66.7 Å². The average molecular weight is 555 g/mol. The van der Waals surface area contributed by atoms with Crippen LogP contribution in [0.2, 0.25) is 0 Å². The van der Waals surface area contributed by atoms with Crippen LogP contribution in [0.5, 0.6) is 17.2 Å². The Labute approximate surface area is 242 Å². The monoisotopic (exact) mass is 554 g/mol. The van der Waals surface area contributed by atoms with Crippen molar-refractivity contribution in [1.29, 1.82) is 0 Å². The second kappa shape index (κ2) is 13.5. The summed E-state index contributed by atoms with van der Waals surface area (Å²) >= 11 is 0. The third-order valence-corrected chi connectivity index (χ3v) is 7.47. The van der Waals surface area contributed by atoms with Gasteiger partial charge in [0.15, 0.2) is 0 Å². The van der Waals surface area contributed by atoms with Crippen molar-refractivity contribution >= 4 is 16.8 Å². The summed E-state index contributed by atoms with van der Waals surface area (Å²) in [5.41, 5.74) is 4.08. The number of rotatable bonds is 11. The lowest BCUT2D eigenvalue weighted by Crippen LogP contribution is -2.49. The Morgan fingerprint density at radius 3 is 2.34 bits per heavy atom. The Balaban J connectivity index is 1.04. The number of methoxy groups -OCH3 is 2. The third-order valence-electron chi connectivity index (χ3n) is 7.47. The van der Waals surface area contributed by atoms with Gasteiger partial charge in [0.25, 0.3) is 5.91 Å². The highest BCUT2D eigenvalue weighted by atomic mass is 16.5. The molecule has 3 aromatic carbocycles. The van der Waals surface area contributed by atoms with Gasteiger partial charge >= 0.3 is 0 Å². The number of piperazine rings is 1. The highest BCUT2D eigenvalue weighted by molar-refractivity contribution is 5.97. The van der Waals surface area contributed by atoms with Crippen molar-refractivity contribution in [3.63, 3.8) is 0 Å². The predicted molar refractivity (Wildman–Crippen MR) is 161 cm³/mol. The molecule has 4 aromatic rings. The second-order valence-electron chi connectivity index (χ2n) is 10.4. The molecule has 0 N–H and O–H groups in total. The first-order valence-corrected chi connectivity index (χ1v) is 14.0. The summed E-state index contributed by atoms with van der Waals surface area (Å²) in [5, 5.41) is 1.17. The first-order chi connectivity index (χ1) is 20.0. The minimum Gasteiger partial charge on any atom is -0.497 e. The molecule has 0 atom stereocenters. The number of amides is 1. The van der Waals surface area contributed by atoms with Crippen molar-refractivity contribution in [1.82, 2.24) is 19.7 Å². The van der Waals surface area contributed by atoms with E-state index in [4.69, 9.17) is 14.2 Å². The van der Waals surface area contributed by atoms with Gasteiger partial charge in [0.2, 0.25) is 0 Å². The van der Waals surface area contributed by atoms with Crippen molar-refractivity contribution in [2.24, 2.45) is 0 Å². The fourth-order valence-corrected chi connectivity index (χ4v) is 5.21. The zero-order chi connectivity index (χ0) is 28.6. The number of ether oxygens (including phenoxy) is 3. The molecule has 8 heteroatoms. The molecular weight excluding hydrogens is 516 g/mol. The van der Waals surface area contributed by atoms with E-state index in [2.05, 4.69) is 58.2 Å². The van der Waals surface area contributed by atoms with Crippen LogP contribution in [0, 0.1) is 0 Å². The molecule has 0 aliphatic carbocycles. The van der Waals surface area contributed by atoms with Crippen LogP contribution in [0.1, 0.15) is 21.5 Å². The number of hydrogen-bond acceptors (Lipinski definition) is 7. The summed E-state index contributed by atoms with van der Waals surface area (Å²) in [7, 11) is 5.31. The average Bonchev–Trinajstić information content (AvgIpc) is 3.01. The molecule has 0 saturated carbocycles. The highest BCUT2D eigenvalue weighted by Gasteiger charge is 2.24. The van der Waals surface area contributed by atoms with Crippen molar-refractivity contribution in [2.45, 2.75) is 13.1 Å². The topological polar surface area (TPSA) is 67.4 Å². The van der Waals surface area contributed by atoms with E-state index in [1.807, 2.05) is 29.3 Å². The van der Waals surface area contributed by atoms with Gasteiger partial charge in [0.05, 0.1) is 25.3 Å². The first kappa shape index (κ1) is 28.4. The SMILES string of the molecule is COc1ccc(OC)c(C(=O)N2CCN(CCOc3ccc(CN(C)Cc4ccc5ncccc5c4)cc3)CC2)c1. The first-order valence-electron chi connectivity index (χ1n) is 14.0. The Kier molecular flexibility index (Phi) is 9.33. The van der Waals surface area contributed by atoms with Crippen LogP contribution >= 0.6 is 0 Å². The minimum atomic E-state index is -0.0306. The van der Waals surface area contributed by atoms with Gasteiger partial charge in [-0.15, -0.1) is 0 Å². The zero-order valence-electron chi connectivity index (χ0n) is 24.1. The second-order valence-corrected chi connectivity index (χ2v) is 10.4. The van der Waals surface area contributed by atoms with E-state index in [9.17, 15) is 4.79 Å². The molecule has 1 saturated heterocycles. The summed E-state index contributed by atoms with van der Waals surface area (Å²) in [6.07, 6.45) is 1.83. The lowest BCUT2D eigenvalue weighted by molar-refractivity contribution is 0.0617. The summed E-state index contributed by atoms with van der Waals surface area (Å²) in [6, 6.07) is 24.2. The maximum absolute atomic E-state index is 13.1.